The van der Waals surface area contributed by atoms with Crippen molar-refractivity contribution in [1.29, 1.82) is 0 Å². The first-order valence-corrected chi connectivity index (χ1v) is 10.2. The van der Waals surface area contributed by atoms with Crippen LogP contribution < -0.4 is 21.8 Å². The number of amides is 2. The summed E-state index contributed by atoms with van der Waals surface area (Å²) in [6, 6.07) is 11.0. The number of hydrazone groups is 1. The van der Waals surface area contributed by atoms with E-state index < -0.39 is 23.8 Å². The van der Waals surface area contributed by atoms with Crippen LogP contribution in [0.1, 0.15) is 28.4 Å². The summed E-state index contributed by atoms with van der Waals surface area (Å²) in [7, 11) is 0. The van der Waals surface area contributed by atoms with Gasteiger partial charge in [-0.3, -0.25) is 14.4 Å². The topological polar surface area (TPSA) is 146 Å². The van der Waals surface area contributed by atoms with Crippen molar-refractivity contribution in [2.75, 3.05) is 11.9 Å². The molecule has 0 heterocycles. The van der Waals surface area contributed by atoms with Crippen LogP contribution in [-0.2, 0) is 9.59 Å². The lowest BCUT2D eigenvalue weighted by atomic mass is 10.0. The molecule has 0 saturated carbocycles. The van der Waals surface area contributed by atoms with Crippen LogP contribution in [0.4, 0.5) is 5.69 Å². The average Bonchev–Trinajstić information content (AvgIpc) is 2.72. The molecule has 30 heavy (non-hydrogen) atoms. The summed E-state index contributed by atoms with van der Waals surface area (Å²) in [5.74, 6) is 2.99. The monoisotopic (exact) mass is 539 g/mol. The fraction of sp³-hybridized carbons (Fsp3) is 0.158. The number of aliphatic carboxylic acids is 1. The first-order valence-electron chi connectivity index (χ1n) is 8.62. The van der Waals surface area contributed by atoms with Crippen LogP contribution in [0.15, 0.2) is 56.5 Å². The Hall–Kier alpha value is -2.92. The molecule has 0 aliphatic carbocycles. The Kier molecular flexibility index (Phi) is 8.81. The van der Waals surface area contributed by atoms with E-state index in [1.165, 1.54) is 6.34 Å². The Balaban J connectivity index is 2.00. The number of carbonyl (C=O) groups is 3. The van der Waals surface area contributed by atoms with E-state index in [0.717, 1.165) is 8.95 Å². The first kappa shape index (κ1) is 23.4. The molecule has 1 atom stereocenters. The summed E-state index contributed by atoms with van der Waals surface area (Å²) in [6.45, 7) is -0.311. The van der Waals surface area contributed by atoms with Crippen molar-refractivity contribution < 1.29 is 19.5 Å². The van der Waals surface area contributed by atoms with Gasteiger partial charge in [-0.15, -0.1) is 0 Å². The van der Waals surface area contributed by atoms with Gasteiger partial charge in [0.1, 0.15) is 6.34 Å². The second-order valence-electron chi connectivity index (χ2n) is 6.08. The summed E-state index contributed by atoms with van der Waals surface area (Å²) in [5.41, 5.74) is 1.55. The molecular formula is C19H19Br2N5O4. The van der Waals surface area contributed by atoms with Crippen molar-refractivity contribution in [2.45, 2.75) is 12.5 Å². The van der Waals surface area contributed by atoms with Gasteiger partial charge in [0.05, 0.1) is 19.0 Å². The van der Waals surface area contributed by atoms with Crippen molar-refractivity contribution in [3.05, 3.63) is 62.5 Å². The average molecular weight is 541 g/mol. The van der Waals surface area contributed by atoms with Crippen LogP contribution in [0.3, 0.4) is 0 Å². The van der Waals surface area contributed by atoms with Crippen LogP contribution in [-0.4, -0.2) is 35.8 Å². The Morgan fingerprint density at radius 2 is 1.90 bits per heavy atom. The lowest BCUT2D eigenvalue weighted by Crippen LogP contribution is -2.39. The maximum Gasteiger partial charge on any atom is 0.305 e. The van der Waals surface area contributed by atoms with Crippen molar-refractivity contribution >= 4 is 61.7 Å². The standard InChI is InChI=1S/C19H19Br2N5O4/c20-14-5-4-11(7-15(14)21)16(8-18(28)29)26-17(27)9-23-19(30)12-2-1-3-13(6-12)24-10-25-22/h1-7,10,16H,8-9,22H2,(H,23,30)(H,24,25)(H,26,27)(H,28,29). The highest BCUT2D eigenvalue weighted by molar-refractivity contribution is 9.13. The largest absolute Gasteiger partial charge is 0.481 e. The molecule has 2 aromatic carbocycles. The summed E-state index contributed by atoms with van der Waals surface area (Å²) in [6.07, 6.45) is 0.970. The number of nitrogens with two attached hydrogens (primary N) is 1. The van der Waals surface area contributed by atoms with Crippen LogP contribution in [0.5, 0.6) is 0 Å². The van der Waals surface area contributed by atoms with Crippen molar-refractivity contribution in [3.63, 3.8) is 0 Å². The molecule has 11 heteroatoms. The normalized spacial score (nSPS) is 11.7. The van der Waals surface area contributed by atoms with Crippen molar-refractivity contribution in [3.8, 4) is 0 Å². The van der Waals surface area contributed by atoms with E-state index in [1.807, 2.05) is 0 Å². The summed E-state index contributed by atoms with van der Waals surface area (Å²) in [5, 5.41) is 20.4. The first-order chi connectivity index (χ1) is 14.3. The molecule has 6 N–H and O–H groups in total. The van der Waals surface area contributed by atoms with E-state index in [2.05, 4.69) is 52.9 Å². The molecule has 0 radical (unpaired) electrons. The van der Waals surface area contributed by atoms with E-state index in [0.29, 0.717) is 16.8 Å². The molecule has 2 rings (SSSR count). The van der Waals surface area contributed by atoms with E-state index >= 15 is 0 Å². The quantitative estimate of drug-likeness (QED) is 0.143. The Morgan fingerprint density at radius 3 is 2.57 bits per heavy atom. The molecule has 0 aliphatic rings. The predicted molar refractivity (Wildman–Crippen MR) is 120 cm³/mol. The highest BCUT2D eigenvalue weighted by Gasteiger charge is 2.19. The van der Waals surface area contributed by atoms with Crippen LogP contribution in [0.25, 0.3) is 0 Å². The Labute approximate surface area is 189 Å². The molecule has 2 amide bonds. The molecule has 0 aliphatic heterocycles. The third kappa shape index (κ3) is 7.16. The summed E-state index contributed by atoms with van der Waals surface area (Å²) < 4.78 is 1.53. The number of rotatable bonds is 9. The molecule has 0 fully saturated rings. The molecule has 2 aromatic rings. The molecule has 0 bridgehead atoms. The minimum Gasteiger partial charge on any atom is -0.481 e. The van der Waals surface area contributed by atoms with Gasteiger partial charge in [0.15, 0.2) is 0 Å². The molecule has 0 aromatic heterocycles. The highest BCUT2D eigenvalue weighted by atomic mass is 79.9. The molecule has 158 valence electrons. The zero-order valence-electron chi connectivity index (χ0n) is 15.6. The van der Waals surface area contributed by atoms with Crippen LogP contribution in [0, 0.1) is 0 Å². The number of carbonyl (C=O) groups excluding carboxylic acids is 2. The van der Waals surface area contributed by atoms with E-state index in [9.17, 15) is 19.5 Å². The molecule has 0 saturated heterocycles. The predicted octanol–water partition coefficient (Wildman–Crippen LogP) is 2.59. The van der Waals surface area contributed by atoms with Crippen LogP contribution >= 0.6 is 31.9 Å². The van der Waals surface area contributed by atoms with E-state index in [4.69, 9.17) is 5.84 Å². The van der Waals surface area contributed by atoms with Gasteiger partial charge in [0.2, 0.25) is 5.91 Å². The number of benzene rings is 2. The molecule has 0 spiro atoms. The van der Waals surface area contributed by atoms with Gasteiger partial charge in [0, 0.05) is 20.2 Å². The lowest BCUT2D eigenvalue weighted by Gasteiger charge is -2.18. The van der Waals surface area contributed by atoms with Gasteiger partial charge >= 0.3 is 5.97 Å². The zero-order chi connectivity index (χ0) is 22.1. The smallest absolute Gasteiger partial charge is 0.305 e. The van der Waals surface area contributed by atoms with Gasteiger partial charge in [-0.05, 0) is 67.8 Å². The summed E-state index contributed by atoms with van der Waals surface area (Å²) in [4.78, 5) is 35.8. The number of hydrogen-bond acceptors (Lipinski definition) is 5. The number of hydrogen-bond donors (Lipinski definition) is 5. The van der Waals surface area contributed by atoms with E-state index in [1.54, 1.807) is 42.5 Å². The fourth-order valence-corrected chi connectivity index (χ4v) is 3.17. The number of carboxylic acids is 1. The fourth-order valence-electron chi connectivity index (χ4n) is 2.53. The van der Waals surface area contributed by atoms with Crippen molar-refractivity contribution in [1.82, 2.24) is 10.6 Å². The summed E-state index contributed by atoms with van der Waals surface area (Å²) >= 11 is 6.71. The SMILES string of the molecule is NN=CNc1cccc(C(=O)NCC(=O)NC(CC(=O)O)c2ccc(Br)c(Br)c2)c1. The molecule has 9 nitrogen and oxygen atoms in total. The number of nitrogens with one attached hydrogen (secondary N) is 3. The number of anilines is 1. The second-order valence-corrected chi connectivity index (χ2v) is 7.79. The lowest BCUT2D eigenvalue weighted by molar-refractivity contribution is -0.137. The van der Waals surface area contributed by atoms with E-state index in [-0.39, 0.29) is 13.0 Å². The van der Waals surface area contributed by atoms with Gasteiger partial charge < -0.3 is 26.9 Å². The van der Waals surface area contributed by atoms with Gasteiger partial charge in [-0.2, -0.15) is 5.10 Å². The highest BCUT2D eigenvalue weighted by Crippen LogP contribution is 2.27. The zero-order valence-corrected chi connectivity index (χ0v) is 18.7. The van der Waals surface area contributed by atoms with Crippen molar-refractivity contribution in [2.24, 2.45) is 10.9 Å². The number of halogens is 2. The maximum absolute atomic E-state index is 12.3. The number of nitrogens with zero attached hydrogens (tertiary/aromatic N) is 1. The number of carboxylic acid groups (broad SMARTS) is 1. The maximum atomic E-state index is 12.3. The second kappa shape index (κ2) is 11.3. The van der Waals surface area contributed by atoms with Gasteiger partial charge in [0.25, 0.3) is 5.91 Å². The Bertz CT molecular complexity index is 968. The van der Waals surface area contributed by atoms with Gasteiger partial charge in [-0.1, -0.05) is 12.1 Å². The third-order valence-corrected chi connectivity index (χ3v) is 5.78. The minimum atomic E-state index is -1.06. The minimum absolute atomic E-state index is 0.301. The van der Waals surface area contributed by atoms with Crippen LogP contribution in [0.2, 0.25) is 0 Å². The third-order valence-electron chi connectivity index (χ3n) is 3.90. The molecular weight excluding hydrogens is 522 g/mol. The molecule has 1 unspecified atom stereocenters. The van der Waals surface area contributed by atoms with Gasteiger partial charge in [-0.25, -0.2) is 0 Å². The Morgan fingerprint density at radius 1 is 1.13 bits per heavy atom.